The molecule has 1 aromatic rings. The number of urea groups is 1. The normalized spacial score (nSPS) is 13.1. The summed E-state index contributed by atoms with van der Waals surface area (Å²) in [6.07, 6.45) is -1.27. The average molecular weight is 297 g/mol. The van der Waals surface area contributed by atoms with Crippen LogP contribution in [0, 0.1) is 17.0 Å². The highest BCUT2D eigenvalue weighted by Crippen LogP contribution is 2.21. The molecule has 0 aliphatic heterocycles. The van der Waals surface area contributed by atoms with Crippen LogP contribution in [0.2, 0.25) is 0 Å². The summed E-state index contributed by atoms with van der Waals surface area (Å²) < 4.78 is 0. The number of anilines is 1. The topological polar surface area (TPSA) is 142 Å². The van der Waals surface area contributed by atoms with Gasteiger partial charge in [0.1, 0.15) is 0 Å². The first-order valence-electron chi connectivity index (χ1n) is 5.95. The molecule has 9 heteroatoms. The molecule has 0 saturated carbocycles. The van der Waals surface area contributed by atoms with Gasteiger partial charge in [0.25, 0.3) is 5.69 Å². The molecule has 21 heavy (non-hydrogen) atoms. The molecule has 0 aliphatic rings. The van der Waals surface area contributed by atoms with Gasteiger partial charge in [0, 0.05) is 17.8 Å². The van der Waals surface area contributed by atoms with Gasteiger partial charge in [-0.2, -0.15) is 0 Å². The van der Waals surface area contributed by atoms with Gasteiger partial charge in [-0.25, -0.2) is 9.59 Å². The van der Waals surface area contributed by atoms with Crippen molar-refractivity contribution >= 4 is 23.4 Å². The summed E-state index contributed by atoms with van der Waals surface area (Å²) in [5.41, 5.74) is 0.627. The van der Waals surface area contributed by atoms with E-state index >= 15 is 0 Å². The number of hydrogen-bond donors (Lipinski definition) is 4. The van der Waals surface area contributed by atoms with E-state index in [2.05, 4.69) is 10.6 Å². The van der Waals surface area contributed by atoms with E-state index in [4.69, 9.17) is 5.11 Å². The molecule has 0 heterocycles. The summed E-state index contributed by atoms with van der Waals surface area (Å²) in [6.45, 7) is 2.79. The monoisotopic (exact) mass is 297 g/mol. The fourth-order valence-electron chi connectivity index (χ4n) is 1.59. The number of nitrogens with one attached hydrogen (secondary N) is 2. The van der Waals surface area contributed by atoms with Gasteiger partial charge in [0.15, 0.2) is 6.04 Å². The molecule has 0 radical (unpaired) electrons. The molecule has 114 valence electrons. The van der Waals surface area contributed by atoms with Crippen LogP contribution in [0.1, 0.15) is 12.5 Å². The number of aliphatic hydroxyl groups is 1. The first kappa shape index (κ1) is 16.4. The van der Waals surface area contributed by atoms with Crippen LogP contribution in [0.15, 0.2) is 18.2 Å². The molecule has 0 fully saturated rings. The molecular formula is C12H15N3O6. The number of amides is 2. The quantitative estimate of drug-likeness (QED) is 0.469. The number of carboxylic acids is 1. The number of hydrogen-bond acceptors (Lipinski definition) is 5. The van der Waals surface area contributed by atoms with Gasteiger partial charge >= 0.3 is 12.0 Å². The second-order valence-electron chi connectivity index (χ2n) is 4.41. The smallest absolute Gasteiger partial charge is 0.328 e. The number of nitro benzene ring substituents is 1. The molecule has 0 aliphatic carbocycles. The molecule has 0 bridgehead atoms. The Morgan fingerprint density at radius 3 is 2.43 bits per heavy atom. The van der Waals surface area contributed by atoms with E-state index < -0.39 is 29.1 Å². The number of nitrogens with zero attached hydrogens (tertiary/aromatic N) is 1. The largest absolute Gasteiger partial charge is 0.480 e. The van der Waals surface area contributed by atoms with Crippen molar-refractivity contribution in [3.63, 3.8) is 0 Å². The summed E-state index contributed by atoms with van der Waals surface area (Å²) in [7, 11) is 0. The van der Waals surface area contributed by atoms with E-state index in [-0.39, 0.29) is 5.69 Å². The number of carboxylic acid groups (broad SMARTS) is 1. The number of aliphatic carboxylic acids is 1. The number of benzene rings is 1. The Bertz CT molecular complexity index is 572. The van der Waals surface area contributed by atoms with Gasteiger partial charge < -0.3 is 20.8 Å². The molecule has 0 spiro atoms. The summed E-state index contributed by atoms with van der Waals surface area (Å²) in [5, 5.41) is 33.1. The Labute approximate surface area is 119 Å². The molecular weight excluding hydrogens is 282 g/mol. The lowest BCUT2D eigenvalue weighted by atomic mass is 10.1. The van der Waals surface area contributed by atoms with Crippen LogP contribution in [0.3, 0.4) is 0 Å². The standard InChI is InChI=1S/C12H15N3O6/c1-6-5-8(15(20)21)3-4-9(6)13-12(19)14-10(7(2)16)11(17)18/h3-5,7,10,16H,1-2H3,(H,17,18)(H2,13,14,19). The van der Waals surface area contributed by atoms with E-state index in [1.807, 2.05) is 0 Å². The number of carbonyl (C=O) groups excluding carboxylic acids is 1. The minimum atomic E-state index is -1.46. The van der Waals surface area contributed by atoms with E-state index in [1.165, 1.54) is 25.1 Å². The molecule has 0 aromatic heterocycles. The summed E-state index contributed by atoms with van der Waals surface area (Å²) in [5.74, 6) is -1.37. The van der Waals surface area contributed by atoms with Gasteiger partial charge in [-0.1, -0.05) is 0 Å². The second-order valence-corrected chi connectivity index (χ2v) is 4.41. The van der Waals surface area contributed by atoms with Crippen molar-refractivity contribution in [1.29, 1.82) is 0 Å². The van der Waals surface area contributed by atoms with Crippen LogP contribution < -0.4 is 10.6 Å². The fourth-order valence-corrected chi connectivity index (χ4v) is 1.59. The molecule has 2 amide bonds. The SMILES string of the molecule is Cc1cc([N+](=O)[O-])ccc1NC(=O)NC(C(=O)O)C(C)O. The van der Waals surface area contributed by atoms with Crippen molar-refractivity contribution in [2.75, 3.05) is 5.32 Å². The Morgan fingerprint density at radius 2 is 2.00 bits per heavy atom. The molecule has 9 nitrogen and oxygen atoms in total. The fraction of sp³-hybridized carbons (Fsp3) is 0.333. The maximum absolute atomic E-state index is 11.7. The predicted octanol–water partition coefficient (Wildman–Crippen LogP) is 0.859. The van der Waals surface area contributed by atoms with Gasteiger partial charge in [-0.15, -0.1) is 0 Å². The predicted molar refractivity (Wildman–Crippen MR) is 73.1 cm³/mol. The lowest BCUT2D eigenvalue weighted by Gasteiger charge is -2.17. The lowest BCUT2D eigenvalue weighted by molar-refractivity contribution is -0.384. The number of aryl methyl sites for hydroxylation is 1. The Hall–Kier alpha value is -2.68. The number of nitro groups is 1. The molecule has 2 unspecified atom stereocenters. The summed E-state index contributed by atoms with van der Waals surface area (Å²) in [6, 6.07) is 1.54. The van der Waals surface area contributed by atoms with Crippen LogP contribution in [0.4, 0.5) is 16.2 Å². The molecule has 0 saturated heterocycles. The van der Waals surface area contributed by atoms with Gasteiger partial charge in [-0.05, 0) is 25.5 Å². The second kappa shape index (κ2) is 6.66. The Kier molecular flexibility index (Phi) is 5.19. The maximum atomic E-state index is 11.7. The van der Waals surface area contributed by atoms with E-state index in [1.54, 1.807) is 6.92 Å². The number of rotatable bonds is 5. The van der Waals surface area contributed by atoms with Gasteiger partial charge in [0.2, 0.25) is 0 Å². The zero-order valence-electron chi connectivity index (χ0n) is 11.4. The van der Waals surface area contributed by atoms with Crippen LogP contribution in [0.5, 0.6) is 0 Å². The van der Waals surface area contributed by atoms with Crippen LogP contribution in [0.25, 0.3) is 0 Å². The highest BCUT2D eigenvalue weighted by Gasteiger charge is 2.25. The van der Waals surface area contributed by atoms with Crippen LogP contribution in [-0.4, -0.2) is 39.3 Å². The lowest BCUT2D eigenvalue weighted by Crippen LogP contribution is -2.49. The molecule has 2 atom stereocenters. The van der Waals surface area contributed by atoms with Crippen LogP contribution >= 0.6 is 0 Å². The summed E-state index contributed by atoms with van der Waals surface area (Å²) >= 11 is 0. The first-order chi connectivity index (χ1) is 9.72. The Morgan fingerprint density at radius 1 is 1.38 bits per heavy atom. The zero-order chi connectivity index (χ0) is 16.2. The van der Waals surface area contributed by atoms with Crippen molar-refractivity contribution in [2.45, 2.75) is 26.0 Å². The van der Waals surface area contributed by atoms with Crippen molar-refractivity contribution in [3.05, 3.63) is 33.9 Å². The van der Waals surface area contributed by atoms with E-state index in [9.17, 15) is 24.8 Å². The highest BCUT2D eigenvalue weighted by atomic mass is 16.6. The van der Waals surface area contributed by atoms with Crippen molar-refractivity contribution in [3.8, 4) is 0 Å². The van der Waals surface area contributed by atoms with Gasteiger partial charge in [0.05, 0.1) is 11.0 Å². The van der Waals surface area contributed by atoms with Crippen LogP contribution in [-0.2, 0) is 4.79 Å². The minimum Gasteiger partial charge on any atom is -0.480 e. The molecule has 1 rings (SSSR count). The van der Waals surface area contributed by atoms with Gasteiger partial charge in [-0.3, -0.25) is 10.1 Å². The maximum Gasteiger partial charge on any atom is 0.328 e. The van der Waals surface area contributed by atoms with Crippen molar-refractivity contribution < 1.29 is 24.7 Å². The third kappa shape index (κ3) is 4.42. The van der Waals surface area contributed by atoms with Crippen molar-refractivity contribution in [1.82, 2.24) is 5.32 Å². The van der Waals surface area contributed by atoms with E-state index in [0.29, 0.717) is 11.3 Å². The van der Waals surface area contributed by atoms with E-state index in [0.717, 1.165) is 0 Å². The minimum absolute atomic E-state index is 0.120. The number of aliphatic hydroxyl groups excluding tert-OH is 1. The third-order valence-corrected chi connectivity index (χ3v) is 2.70. The first-order valence-corrected chi connectivity index (χ1v) is 5.95. The zero-order valence-corrected chi connectivity index (χ0v) is 11.4. The highest BCUT2D eigenvalue weighted by molar-refractivity contribution is 5.93. The average Bonchev–Trinajstić information content (AvgIpc) is 2.37. The number of carbonyl (C=O) groups is 2. The molecule has 4 N–H and O–H groups in total. The van der Waals surface area contributed by atoms with Crippen molar-refractivity contribution in [2.24, 2.45) is 0 Å². The summed E-state index contributed by atoms with van der Waals surface area (Å²) in [4.78, 5) is 32.5. The number of non-ortho nitro benzene ring substituents is 1. The Balaban J connectivity index is 2.79. The molecule has 1 aromatic carbocycles. The third-order valence-electron chi connectivity index (χ3n) is 2.70.